The van der Waals surface area contributed by atoms with Gasteiger partial charge in [0.15, 0.2) is 0 Å². The van der Waals surface area contributed by atoms with Gasteiger partial charge in [-0.15, -0.1) is 0 Å². The summed E-state index contributed by atoms with van der Waals surface area (Å²) in [5, 5.41) is 13.4. The fraction of sp³-hybridized carbons (Fsp3) is 0.167. The van der Waals surface area contributed by atoms with Crippen molar-refractivity contribution in [3.05, 3.63) is 52.1 Å². The normalized spacial score (nSPS) is 10.6. The molecular weight excluding hydrogens is 259 g/mol. The monoisotopic (exact) mass is 268 g/mol. The molecule has 4 nitrogen and oxygen atoms in total. The van der Waals surface area contributed by atoms with Crippen LogP contribution in [0.3, 0.4) is 0 Å². The SMILES string of the molecule is Cc1nn(Cc2cc(F)ccc2Cl)cc1C(=O)O. The van der Waals surface area contributed by atoms with Gasteiger partial charge in [0.2, 0.25) is 0 Å². The number of benzene rings is 1. The quantitative estimate of drug-likeness (QED) is 0.931. The van der Waals surface area contributed by atoms with E-state index in [0.29, 0.717) is 16.3 Å². The van der Waals surface area contributed by atoms with Crippen molar-refractivity contribution in [3.63, 3.8) is 0 Å². The predicted octanol–water partition coefficient (Wildman–Crippen LogP) is 2.73. The van der Waals surface area contributed by atoms with Crippen LogP contribution in [0.15, 0.2) is 24.4 Å². The number of nitrogens with zero attached hydrogens (tertiary/aromatic N) is 2. The highest BCUT2D eigenvalue weighted by Gasteiger charge is 2.12. The van der Waals surface area contributed by atoms with E-state index in [1.54, 1.807) is 6.92 Å². The molecule has 0 bridgehead atoms. The molecule has 0 aliphatic carbocycles. The Labute approximate surface area is 108 Å². The lowest BCUT2D eigenvalue weighted by Crippen LogP contribution is -2.01. The summed E-state index contributed by atoms with van der Waals surface area (Å²) in [7, 11) is 0. The summed E-state index contributed by atoms with van der Waals surface area (Å²) < 4.78 is 14.5. The smallest absolute Gasteiger partial charge is 0.339 e. The minimum absolute atomic E-state index is 0.127. The number of carbonyl (C=O) groups is 1. The van der Waals surface area contributed by atoms with Gasteiger partial charge in [-0.05, 0) is 30.7 Å². The van der Waals surface area contributed by atoms with Crippen molar-refractivity contribution < 1.29 is 14.3 Å². The summed E-state index contributed by atoms with van der Waals surface area (Å²) in [4.78, 5) is 10.9. The lowest BCUT2D eigenvalue weighted by atomic mass is 10.2. The molecule has 94 valence electrons. The summed E-state index contributed by atoms with van der Waals surface area (Å²) >= 11 is 5.93. The standard InChI is InChI=1S/C12H10ClFN2O2/c1-7-10(12(17)18)6-16(15-7)5-8-4-9(14)2-3-11(8)13/h2-4,6H,5H2,1H3,(H,17,18). The van der Waals surface area contributed by atoms with Gasteiger partial charge in [-0.2, -0.15) is 5.10 Å². The Morgan fingerprint density at radius 1 is 1.56 bits per heavy atom. The van der Waals surface area contributed by atoms with Crippen molar-refractivity contribution in [2.75, 3.05) is 0 Å². The van der Waals surface area contributed by atoms with Crippen LogP contribution < -0.4 is 0 Å². The number of rotatable bonds is 3. The average Bonchev–Trinajstić information content (AvgIpc) is 2.65. The van der Waals surface area contributed by atoms with Gasteiger partial charge in [0, 0.05) is 11.2 Å². The van der Waals surface area contributed by atoms with E-state index in [2.05, 4.69) is 5.10 Å². The van der Waals surface area contributed by atoms with Crippen molar-refractivity contribution in [2.24, 2.45) is 0 Å². The number of aromatic nitrogens is 2. The van der Waals surface area contributed by atoms with Gasteiger partial charge < -0.3 is 5.11 Å². The average molecular weight is 269 g/mol. The van der Waals surface area contributed by atoms with Gasteiger partial charge in [-0.1, -0.05) is 11.6 Å². The van der Waals surface area contributed by atoms with Crippen LogP contribution >= 0.6 is 11.6 Å². The fourth-order valence-corrected chi connectivity index (χ4v) is 1.83. The Morgan fingerprint density at radius 2 is 2.28 bits per heavy atom. The lowest BCUT2D eigenvalue weighted by Gasteiger charge is -2.04. The fourth-order valence-electron chi connectivity index (χ4n) is 1.65. The summed E-state index contributed by atoms with van der Waals surface area (Å²) in [6.07, 6.45) is 1.40. The third kappa shape index (κ3) is 2.51. The number of aryl methyl sites for hydroxylation is 1. The van der Waals surface area contributed by atoms with E-state index in [1.807, 2.05) is 0 Å². The van der Waals surface area contributed by atoms with Crippen molar-refractivity contribution in [2.45, 2.75) is 13.5 Å². The summed E-state index contributed by atoms with van der Waals surface area (Å²) in [5.41, 5.74) is 1.09. The highest BCUT2D eigenvalue weighted by molar-refractivity contribution is 6.31. The maximum absolute atomic E-state index is 13.1. The first-order chi connectivity index (χ1) is 8.47. The Hall–Kier alpha value is -1.88. The second-order valence-corrected chi connectivity index (χ2v) is 4.27. The number of carboxylic acid groups (broad SMARTS) is 1. The van der Waals surface area contributed by atoms with Gasteiger partial charge in [-0.3, -0.25) is 4.68 Å². The molecule has 1 aromatic carbocycles. The third-order valence-corrected chi connectivity index (χ3v) is 2.89. The molecule has 1 N–H and O–H groups in total. The molecule has 0 aliphatic rings. The number of hydrogen-bond acceptors (Lipinski definition) is 2. The van der Waals surface area contributed by atoms with Crippen LogP contribution in [0.2, 0.25) is 5.02 Å². The van der Waals surface area contributed by atoms with E-state index in [-0.39, 0.29) is 12.1 Å². The molecule has 1 heterocycles. The maximum atomic E-state index is 13.1. The highest BCUT2D eigenvalue weighted by Crippen LogP contribution is 2.18. The van der Waals surface area contributed by atoms with Gasteiger partial charge >= 0.3 is 5.97 Å². The number of hydrogen-bond donors (Lipinski definition) is 1. The van der Waals surface area contributed by atoms with Crippen LogP contribution in [-0.4, -0.2) is 20.9 Å². The van der Waals surface area contributed by atoms with E-state index in [9.17, 15) is 9.18 Å². The second-order valence-electron chi connectivity index (χ2n) is 3.87. The number of carboxylic acids is 1. The maximum Gasteiger partial charge on any atom is 0.339 e. The molecule has 2 aromatic rings. The van der Waals surface area contributed by atoms with Gasteiger partial charge in [0.25, 0.3) is 0 Å². The van der Waals surface area contributed by atoms with Gasteiger partial charge in [-0.25, -0.2) is 9.18 Å². The lowest BCUT2D eigenvalue weighted by molar-refractivity contribution is 0.0696. The zero-order chi connectivity index (χ0) is 13.3. The highest BCUT2D eigenvalue weighted by atomic mass is 35.5. The zero-order valence-electron chi connectivity index (χ0n) is 9.52. The van der Waals surface area contributed by atoms with Crippen LogP contribution in [0.5, 0.6) is 0 Å². The first-order valence-corrected chi connectivity index (χ1v) is 5.56. The van der Waals surface area contributed by atoms with E-state index >= 15 is 0 Å². The zero-order valence-corrected chi connectivity index (χ0v) is 10.3. The molecule has 0 atom stereocenters. The molecule has 0 spiro atoms. The van der Waals surface area contributed by atoms with Crippen molar-refractivity contribution in [1.82, 2.24) is 9.78 Å². The summed E-state index contributed by atoms with van der Waals surface area (Å²) in [6, 6.07) is 4.03. The first-order valence-electron chi connectivity index (χ1n) is 5.18. The second kappa shape index (κ2) is 4.78. The van der Waals surface area contributed by atoms with Crippen LogP contribution in [0.4, 0.5) is 4.39 Å². The van der Waals surface area contributed by atoms with Gasteiger partial charge in [0.05, 0.1) is 12.2 Å². The van der Waals surface area contributed by atoms with Crippen LogP contribution in [0.1, 0.15) is 21.6 Å². The predicted molar refractivity (Wildman–Crippen MR) is 64.4 cm³/mol. The van der Waals surface area contributed by atoms with Crippen LogP contribution in [0.25, 0.3) is 0 Å². The molecular formula is C12H10ClFN2O2. The van der Waals surface area contributed by atoms with E-state index < -0.39 is 11.8 Å². The molecule has 6 heteroatoms. The van der Waals surface area contributed by atoms with E-state index in [0.717, 1.165) is 0 Å². The Balaban J connectivity index is 2.31. The molecule has 18 heavy (non-hydrogen) atoms. The Morgan fingerprint density at radius 3 is 2.89 bits per heavy atom. The molecule has 0 unspecified atom stereocenters. The number of halogens is 2. The van der Waals surface area contributed by atoms with Crippen molar-refractivity contribution in [1.29, 1.82) is 0 Å². The molecule has 0 aliphatic heterocycles. The minimum atomic E-state index is -1.04. The summed E-state index contributed by atoms with van der Waals surface area (Å²) in [6.45, 7) is 1.83. The van der Waals surface area contributed by atoms with Crippen LogP contribution in [0, 0.1) is 12.7 Å². The Kier molecular flexibility index (Phi) is 3.34. The van der Waals surface area contributed by atoms with Crippen molar-refractivity contribution in [3.8, 4) is 0 Å². The van der Waals surface area contributed by atoms with E-state index in [4.69, 9.17) is 16.7 Å². The molecule has 1 aromatic heterocycles. The largest absolute Gasteiger partial charge is 0.478 e. The molecule has 0 radical (unpaired) electrons. The van der Waals surface area contributed by atoms with Crippen molar-refractivity contribution >= 4 is 17.6 Å². The van der Waals surface area contributed by atoms with E-state index in [1.165, 1.54) is 29.1 Å². The molecule has 0 amide bonds. The van der Waals surface area contributed by atoms with Gasteiger partial charge in [0.1, 0.15) is 11.4 Å². The molecule has 0 fully saturated rings. The minimum Gasteiger partial charge on any atom is -0.478 e. The molecule has 2 rings (SSSR count). The Bertz CT molecular complexity index is 610. The number of aromatic carboxylic acids is 1. The van der Waals surface area contributed by atoms with Crippen LogP contribution in [-0.2, 0) is 6.54 Å². The third-order valence-electron chi connectivity index (χ3n) is 2.52. The first kappa shape index (κ1) is 12.6. The molecule has 0 saturated heterocycles. The molecule has 0 saturated carbocycles. The summed E-state index contributed by atoms with van der Waals surface area (Å²) in [5.74, 6) is -1.43. The topological polar surface area (TPSA) is 55.1 Å².